The van der Waals surface area contributed by atoms with Crippen molar-refractivity contribution < 1.29 is 38.0 Å². The van der Waals surface area contributed by atoms with Crippen LogP contribution in [-0.2, 0) is 38.0 Å². The van der Waals surface area contributed by atoms with Crippen molar-refractivity contribution in [3.8, 4) is 0 Å². The largest absolute Gasteiger partial charge is 0.469 e. The van der Waals surface area contributed by atoms with Gasteiger partial charge in [0.25, 0.3) is 0 Å². The van der Waals surface area contributed by atoms with Crippen molar-refractivity contribution in [2.24, 2.45) is 5.41 Å². The SMILES string of the molecule is COC(=O)CCCCCCCC1OCC2(CO1)COC(CCCCCCCC(=O)OC)OC2. The molecular weight excluding hydrogens is 428 g/mol. The van der Waals surface area contributed by atoms with E-state index in [0.29, 0.717) is 39.3 Å². The molecule has 192 valence electrons. The molecule has 0 unspecified atom stereocenters. The van der Waals surface area contributed by atoms with Gasteiger partial charge in [-0.25, -0.2) is 0 Å². The second-order valence-electron chi connectivity index (χ2n) is 9.37. The predicted octanol–water partition coefficient (Wildman–Crippen LogP) is 4.53. The zero-order chi connectivity index (χ0) is 23.8. The molecule has 0 amide bonds. The molecular formula is C25H44O8. The van der Waals surface area contributed by atoms with E-state index in [9.17, 15) is 9.59 Å². The summed E-state index contributed by atoms with van der Waals surface area (Å²) < 4.78 is 33.2. The van der Waals surface area contributed by atoms with Gasteiger partial charge in [-0.3, -0.25) is 9.59 Å². The number of hydrogen-bond acceptors (Lipinski definition) is 8. The van der Waals surface area contributed by atoms with Gasteiger partial charge in [0, 0.05) is 12.8 Å². The molecule has 33 heavy (non-hydrogen) atoms. The number of carbonyl (C=O) groups excluding carboxylic acids is 2. The van der Waals surface area contributed by atoms with Crippen LogP contribution in [0.4, 0.5) is 0 Å². The molecule has 0 aromatic heterocycles. The normalized spacial score (nSPS) is 25.2. The summed E-state index contributed by atoms with van der Waals surface area (Å²) in [6.45, 7) is 2.46. The Balaban J connectivity index is 1.44. The van der Waals surface area contributed by atoms with Crippen LogP contribution in [0.1, 0.15) is 89.9 Å². The lowest BCUT2D eigenvalue weighted by Crippen LogP contribution is -2.52. The van der Waals surface area contributed by atoms with Crippen molar-refractivity contribution in [1.29, 1.82) is 0 Å². The molecule has 2 fully saturated rings. The average molecular weight is 473 g/mol. The molecule has 8 heteroatoms. The van der Waals surface area contributed by atoms with Gasteiger partial charge < -0.3 is 28.4 Å². The first-order chi connectivity index (χ1) is 16.1. The minimum absolute atomic E-state index is 0.126. The standard InChI is InChI=1S/C25H44O8/c1-28-21(26)13-9-5-3-7-11-15-23-30-17-25(18-31-23)19-32-24(33-20-25)16-12-8-4-6-10-14-22(27)29-2/h23-24H,3-20H2,1-2H3. The molecule has 0 saturated carbocycles. The molecule has 0 radical (unpaired) electrons. The minimum Gasteiger partial charge on any atom is -0.469 e. The monoisotopic (exact) mass is 472 g/mol. The molecule has 1 spiro atoms. The fourth-order valence-electron chi connectivity index (χ4n) is 4.18. The lowest BCUT2D eigenvalue weighted by Gasteiger charge is -2.43. The summed E-state index contributed by atoms with van der Waals surface area (Å²) in [6.07, 6.45) is 13.0. The molecule has 2 heterocycles. The third-order valence-electron chi connectivity index (χ3n) is 6.40. The third kappa shape index (κ3) is 11.7. The van der Waals surface area contributed by atoms with Crippen molar-refractivity contribution in [2.45, 2.75) is 102 Å². The van der Waals surface area contributed by atoms with E-state index in [1.54, 1.807) is 0 Å². The first kappa shape index (κ1) is 28.0. The molecule has 2 saturated heterocycles. The molecule has 2 aliphatic rings. The van der Waals surface area contributed by atoms with Gasteiger partial charge in [0.2, 0.25) is 0 Å². The second kappa shape index (κ2) is 16.4. The number of esters is 2. The smallest absolute Gasteiger partial charge is 0.305 e. The highest BCUT2D eigenvalue weighted by Crippen LogP contribution is 2.32. The highest BCUT2D eigenvalue weighted by Gasteiger charge is 2.41. The van der Waals surface area contributed by atoms with Crippen LogP contribution in [-0.4, -0.2) is 65.2 Å². The maximum Gasteiger partial charge on any atom is 0.305 e. The zero-order valence-corrected chi connectivity index (χ0v) is 20.6. The Morgan fingerprint density at radius 1 is 0.606 bits per heavy atom. The maximum atomic E-state index is 11.1. The van der Waals surface area contributed by atoms with Gasteiger partial charge in [0.1, 0.15) is 0 Å². The number of ether oxygens (including phenoxy) is 6. The number of hydrogen-bond donors (Lipinski definition) is 0. The molecule has 0 aromatic carbocycles. The van der Waals surface area contributed by atoms with Gasteiger partial charge in [-0.1, -0.05) is 38.5 Å². The lowest BCUT2D eigenvalue weighted by molar-refractivity contribution is -0.304. The van der Waals surface area contributed by atoms with Crippen LogP contribution in [0.25, 0.3) is 0 Å². The average Bonchev–Trinajstić information content (AvgIpc) is 2.84. The van der Waals surface area contributed by atoms with Gasteiger partial charge >= 0.3 is 11.9 Å². The second-order valence-corrected chi connectivity index (χ2v) is 9.37. The van der Waals surface area contributed by atoms with E-state index in [1.165, 1.54) is 14.2 Å². The molecule has 2 aliphatic heterocycles. The van der Waals surface area contributed by atoms with Gasteiger partial charge in [-0.2, -0.15) is 0 Å². The summed E-state index contributed by atoms with van der Waals surface area (Å²) in [4.78, 5) is 22.2. The Morgan fingerprint density at radius 2 is 0.939 bits per heavy atom. The molecule has 0 aliphatic carbocycles. The van der Waals surface area contributed by atoms with E-state index >= 15 is 0 Å². The van der Waals surface area contributed by atoms with E-state index in [-0.39, 0.29) is 29.9 Å². The van der Waals surface area contributed by atoms with E-state index in [1.807, 2.05) is 0 Å². The summed E-state index contributed by atoms with van der Waals surface area (Å²) >= 11 is 0. The van der Waals surface area contributed by atoms with Crippen LogP contribution in [0.3, 0.4) is 0 Å². The number of unbranched alkanes of at least 4 members (excludes halogenated alkanes) is 8. The minimum atomic E-state index is -0.186. The molecule has 0 bridgehead atoms. The summed E-state index contributed by atoms with van der Waals surface area (Å²) in [6, 6.07) is 0. The Labute approximate surface area is 198 Å². The van der Waals surface area contributed by atoms with Crippen LogP contribution in [0.5, 0.6) is 0 Å². The Bertz CT molecular complexity index is 485. The van der Waals surface area contributed by atoms with Gasteiger partial charge in [-0.05, 0) is 38.5 Å². The highest BCUT2D eigenvalue weighted by atomic mass is 16.7. The van der Waals surface area contributed by atoms with E-state index in [2.05, 4.69) is 9.47 Å². The molecule has 0 aromatic rings. The molecule has 0 N–H and O–H groups in total. The topological polar surface area (TPSA) is 89.5 Å². The van der Waals surface area contributed by atoms with E-state index < -0.39 is 0 Å². The first-order valence-corrected chi connectivity index (χ1v) is 12.7. The molecule has 0 atom stereocenters. The van der Waals surface area contributed by atoms with Crippen molar-refractivity contribution >= 4 is 11.9 Å². The fraction of sp³-hybridized carbons (Fsp3) is 0.920. The first-order valence-electron chi connectivity index (χ1n) is 12.7. The summed E-state index contributed by atoms with van der Waals surface area (Å²) in [5, 5.41) is 0. The quantitative estimate of drug-likeness (QED) is 0.239. The van der Waals surface area contributed by atoms with Crippen molar-refractivity contribution in [1.82, 2.24) is 0 Å². The van der Waals surface area contributed by atoms with Crippen LogP contribution in [0, 0.1) is 5.41 Å². The lowest BCUT2D eigenvalue weighted by atomic mass is 9.90. The van der Waals surface area contributed by atoms with Gasteiger partial charge in [0.05, 0.1) is 46.1 Å². The fourth-order valence-corrected chi connectivity index (χ4v) is 4.18. The Morgan fingerprint density at radius 3 is 1.30 bits per heavy atom. The summed E-state index contributed by atoms with van der Waals surface area (Å²) in [7, 11) is 2.86. The number of methoxy groups -OCH3 is 2. The Kier molecular flexibility index (Phi) is 13.9. The van der Waals surface area contributed by atoms with Crippen LogP contribution < -0.4 is 0 Å². The summed E-state index contributed by atoms with van der Waals surface area (Å²) in [5.41, 5.74) is -0.186. The van der Waals surface area contributed by atoms with Gasteiger partial charge in [-0.15, -0.1) is 0 Å². The third-order valence-corrected chi connectivity index (χ3v) is 6.40. The number of carbonyl (C=O) groups is 2. The van der Waals surface area contributed by atoms with Crippen LogP contribution in [0.15, 0.2) is 0 Å². The molecule has 8 nitrogen and oxygen atoms in total. The number of rotatable bonds is 16. The highest BCUT2D eigenvalue weighted by molar-refractivity contribution is 5.69. The predicted molar refractivity (Wildman–Crippen MR) is 122 cm³/mol. The van der Waals surface area contributed by atoms with Gasteiger partial charge in [0.15, 0.2) is 12.6 Å². The summed E-state index contributed by atoms with van der Waals surface area (Å²) in [5.74, 6) is -0.252. The van der Waals surface area contributed by atoms with Crippen LogP contribution >= 0.6 is 0 Å². The van der Waals surface area contributed by atoms with Crippen molar-refractivity contribution in [3.63, 3.8) is 0 Å². The van der Waals surface area contributed by atoms with Crippen LogP contribution in [0.2, 0.25) is 0 Å². The van der Waals surface area contributed by atoms with Crippen molar-refractivity contribution in [2.75, 3.05) is 40.6 Å². The molecule has 2 rings (SSSR count). The maximum absolute atomic E-state index is 11.1. The Hall–Kier alpha value is -1.22. The van der Waals surface area contributed by atoms with Crippen molar-refractivity contribution in [3.05, 3.63) is 0 Å². The van der Waals surface area contributed by atoms with E-state index in [0.717, 1.165) is 77.0 Å². The van der Waals surface area contributed by atoms with E-state index in [4.69, 9.17) is 18.9 Å². The zero-order valence-electron chi connectivity index (χ0n) is 20.6.